The van der Waals surface area contributed by atoms with Gasteiger partial charge in [0.25, 0.3) is 0 Å². The van der Waals surface area contributed by atoms with Crippen LogP contribution >= 0.6 is 0 Å². The van der Waals surface area contributed by atoms with Crippen LogP contribution in [0.5, 0.6) is 11.5 Å². The van der Waals surface area contributed by atoms with E-state index in [0.717, 1.165) is 12.0 Å². The molecule has 3 aromatic rings. The van der Waals surface area contributed by atoms with Crippen molar-refractivity contribution in [3.8, 4) is 11.5 Å². The van der Waals surface area contributed by atoms with Crippen LogP contribution in [0.15, 0.2) is 67.0 Å². The minimum absolute atomic E-state index is 0.0926. The van der Waals surface area contributed by atoms with Gasteiger partial charge in [0.2, 0.25) is 5.91 Å². The molecule has 0 bridgehead atoms. The summed E-state index contributed by atoms with van der Waals surface area (Å²) in [4.78, 5) is 28.6. The van der Waals surface area contributed by atoms with Crippen LogP contribution in [0.1, 0.15) is 51.3 Å². The average Bonchev–Trinajstić information content (AvgIpc) is 2.78. The number of pyridine rings is 1. The summed E-state index contributed by atoms with van der Waals surface area (Å²) in [6, 6.07) is 15.9. The van der Waals surface area contributed by atoms with Gasteiger partial charge in [-0.25, -0.2) is 0 Å². The fourth-order valence-corrected chi connectivity index (χ4v) is 3.62. The van der Waals surface area contributed by atoms with Crippen LogP contribution in [0, 0.1) is 5.92 Å². The number of aromatic nitrogens is 1. The summed E-state index contributed by atoms with van der Waals surface area (Å²) in [5.41, 5.74) is 8.01. The van der Waals surface area contributed by atoms with Gasteiger partial charge in [-0.3, -0.25) is 14.6 Å². The first-order chi connectivity index (χ1) is 14.6. The summed E-state index contributed by atoms with van der Waals surface area (Å²) >= 11 is 0. The van der Waals surface area contributed by atoms with E-state index in [-0.39, 0.29) is 11.7 Å². The van der Waals surface area contributed by atoms with Crippen molar-refractivity contribution in [2.24, 2.45) is 11.7 Å². The van der Waals surface area contributed by atoms with Crippen LogP contribution in [-0.4, -0.2) is 23.3 Å². The quantitative estimate of drug-likeness (QED) is 0.674. The van der Waals surface area contributed by atoms with Crippen LogP contribution in [-0.2, 0) is 0 Å². The van der Waals surface area contributed by atoms with Gasteiger partial charge in [0.05, 0.1) is 18.1 Å². The second-order valence-electron chi connectivity index (χ2n) is 7.17. The van der Waals surface area contributed by atoms with Gasteiger partial charge in [-0.15, -0.1) is 0 Å². The second kappa shape index (κ2) is 8.37. The number of carbonyl (C=O) groups excluding carboxylic acids is 2. The van der Waals surface area contributed by atoms with Crippen molar-refractivity contribution in [2.45, 2.75) is 19.4 Å². The Morgan fingerprint density at radius 1 is 1.20 bits per heavy atom. The summed E-state index contributed by atoms with van der Waals surface area (Å²) < 4.78 is 12.1. The predicted octanol–water partition coefficient (Wildman–Crippen LogP) is 3.95. The molecule has 0 saturated heterocycles. The summed E-state index contributed by atoms with van der Waals surface area (Å²) in [6.45, 7) is 2.34. The number of benzene rings is 2. The van der Waals surface area contributed by atoms with E-state index >= 15 is 0 Å². The number of rotatable bonds is 6. The third kappa shape index (κ3) is 3.76. The Morgan fingerprint density at radius 2 is 1.97 bits per heavy atom. The largest absolute Gasteiger partial charge is 0.492 e. The molecule has 1 aromatic heterocycles. The Labute approximate surface area is 174 Å². The number of fused-ring (bicyclic) bond motifs is 1. The van der Waals surface area contributed by atoms with Gasteiger partial charge >= 0.3 is 0 Å². The van der Waals surface area contributed by atoms with Crippen molar-refractivity contribution in [3.63, 3.8) is 0 Å². The zero-order valence-corrected chi connectivity index (χ0v) is 16.6. The molecule has 152 valence electrons. The maximum atomic E-state index is 12.6. The molecule has 6 nitrogen and oxygen atoms in total. The monoisotopic (exact) mass is 402 g/mol. The summed E-state index contributed by atoms with van der Waals surface area (Å²) in [5, 5.41) is 0. The molecule has 30 heavy (non-hydrogen) atoms. The van der Waals surface area contributed by atoms with Crippen molar-refractivity contribution in [1.29, 1.82) is 0 Å². The van der Waals surface area contributed by atoms with Gasteiger partial charge in [0.15, 0.2) is 5.78 Å². The molecule has 1 amide bonds. The summed E-state index contributed by atoms with van der Waals surface area (Å²) in [6.07, 6.45) is 3.48. The third-order valence-corrected chi connectivity index (χ3v) is 5.29. The van der Waals surface area contributed by atoms with Gasteiger partial charge < -0.3 is 15.2 Å². The molecule has 1 unspecified atom stereocenters. The topological polar surface area (TPSA) is 91.5 Å². The first kappa shape index (κ1) is 19.6. The van der Waals surface area contributed by atoms with Gasteiger partial charge in [0.1, 0.15) is 17.6 Å². The van der Waals surface area contributed by atoms with Crippen molar-refractivity contribution in [1.82, 2.24) is 4.98 Å². The number of carbonyl (C=O) groups is 2. The fourth-order valence-electron chi connectivity index (χ4n) is 3.62. The van der Waals surface area contributed by atoms with E-state index in [9.17, 15) is 9.59 Å². The number of Topliss-reactive ketones (excluding diaryl/α,β-unsaturated/α-hetero) is 1. The molecule has 1 aliphatic rings. The number of hydrogen-bond acceptors (Lipinski definition) is 5. The van der Waals surface area contributed by atoms with Crippen LogP contribution in [0.2, 0.25) is 0 Å². The standard InChI is InChI=1S/C24H22N2O4/c1-2-15-14-29-21-13-17(7-8-20(21)22(15)27)30-23(16-9-11-26-12-10-16)18-5-3-4-6-19(18)24(25)28/h3-13,15,23H,2,14H2,1H3,(H2,25,28)/t15?,23-/m1/s1. The highest BCUT2D eigenvalue weighted by molar-refractivity contribution is 6.01. The van der Waals surface area contributed by atoms with Crippen molar-refractivity contribution in [3.05, 3.63) is 89.2 Å². The first-order valence-electron chi connectivity index (χ1n) is 9.84. The zero-order chi connectivity index (χ0) is 21.1. The van der Waals surface area contributed by atoms with Gasteiger partial charge in [-0.1, -0.05) is 25.1 Å². The van der Waals surface area contributed by atoms with Crippen LogP contribution < -0.4 is 15.2 Å². The minimum Gasteiger partial charge on any atom is -0.492 e. The molecular weight excluding hydrogens is 380 g/mol. The SMILES string of the molecule is CCC1COc2cc(O[C@H](c3ccncc3)c3ccccc3C(N)=O)ccc2C1=O. The Balaban J connectivity index is 1.72. The molecule has 1 aliphatic heterocycles. The van der Waals surface area contributed by atoms with Gasteiger partial charge in [-0.05, 0) is 42.3 Å². The summed E-state index contributed by atoms with van der Waals surface area (Å²) in [5.74, 6) is 0.487. The van der Waals surface area contributed by atoms with E-state index in [0.29, 0.717) is 34.8 Å². The molecule has 0 saturated carbocycles. The lowest BCUT2D eigenvalue weighted by atomic mass is 9.93. The fraction of sp³-hybridized carbons (Fsp3) is 0.208. The smallest absolute Gasteiger partial charge is 0.249 e. The average molecular weight is 402 g/mol. The van der Waals surface area contributed by atoms with Crippen LogP contribution in [0.3, 0.4) is 0 Å². The maximum Gasteiger partial charge on any atom is 0.249 e. The highest BCUT2D eigenvalue weighted by Crippen LogP contribution is 2.35. The molecule has 0 aliphatic carbocycles. The highest BCUT2D eigenvalue weighted by Gasteiger charge is 2.28. The molecule has 2 atom stereocenters. The number of hydrogen-bond donors (Lipinski definition) is 1. The van der Waals surface area contributed by atoms with Crippen molar-refractivity contribution >= 4 is 11.7 Å². The van der Waals surface area contributed by atoms with Gasteiger partial charge in [0, 0.05) is 29.6 Å². The molecule has 0 fully saturated rings. The Morgan fingerprint density at radius 3 is 2.70 bits per heavy atom. The number of amides is 1. The third-order valence-electron chi connectivity index (χ3n) is 5.29. The number of nitrogens with zero attached hydrogens (tertiary/aromatic N) is 1. The second-order valence-corrected chi connectivity index (χ2v) is 7.17. The van der Waals surface area contributed by atoms with Crippen molar-refractivity contribution in [2.75, 3.05) is 6.61 Å². The molecule has 6 heteroatoms. The van der Waals surface area contributed by atoms with E-state index in [1.807, 2.05) is 31.2 Å². The molecule has 0 radical (unpaired) electrons. The first-order valence-corrected chi connectivity index (χ1v) is 9.84. The van der Waals surface area contributed by atoms with E-state index in [1.54, 1.807) is 42.7 Å². The van der Waals surface area contributed by atoms with E-state index in [4.69, 9.17) is 15.2 Å². The number of ketones is 1. The molecule has 2 heterocycles. The molecule has 2 N–H and O–H groups in total. The highest BCUT2D eigenvalue weighted by atomic mass is 16.5. The summed E-state index contributed by atoms with van der Waals surface area (Å²) in [7, 11) is 0. The maximum absolute atomic E-state index is 12.6. The molecule has 2 aromatic carbocycles. The lowest BCUT2D eigenvalue weighted by Gasteiger charge is -2.25. The minimum atomic E-state index is -0.586. The van der Waals surface area contributed by atoms with Crippen LogP contribution in [0.25, 0.3) is 0 Å². The number of primary amides is 1. The Hall–Kier alpha value is -3.67. The molecule has 0 spiro atoms. The zero-order valence-electron chi connectivity index (χ0n) is 16.6. The predicted molar refractivity (Wildman–Crippen MR) is 112 cm³/mol. The Bertz CT molecular complexity index is 1080. The van der Waals surface area contributed by atoms with E-state index in [2.05, 4.69) is 4.98 Å². The van der Waals surface area contributed by atoms with Crippen LogP contribution in [0.4, 0.5) is 0 Å². The molecular formula is C24H22N2O4. The lowest BCUT2D eigenvalue weighted by molar-refractivity contribution is 0.0825. The van der Waals surface area contributed by atoms with E-state index in [1.165, 1.54) is 0 Å². The Kier molecular flexibility index (Phi) is 5.48. The molecule has 4 rings (SSSR count). The van der Waals surface area contributed by atoms with Crippen molar-refractivity contribution < 1.29 is 19.1 Å². The van der Waals surface area contributed by atoms with Gasteiger partial charge in [-0.2, -0.15) is 0 Å². The number of ether oxygens (including phenoxy) is 2. The van der Waals surface area contributed by atoms with E-state index < -0.39 is 12.0 Å². The number of nitrogens with two attached hydrogens (primary N) is 1. The normalized spacial score (nSPS) is 16.3. The lowest BCUT2D eigenvalue weighted by Crippen LogP contribution is -2.27.